The second-order valence-corrected chi connectivity index (χ2v) is 7.58. The van der Waals surface area contributed by atoms with Gasteiger partial charge in [-0.3, -0.25) is 14.5 Å². The summed E-state index contributed by atoms with van der Waals surface area (Å²) in [6.45, 7) is 0.762. The van der Waals surface area contributed by atoms with Crippen LogP contribution in [0.4, 0.5) is 10.1 Å². The van der Waals surface area contributed by atoms with Crippen molar-refractivity contribution in [3.05, 3.63) is 81.5 Å². The Kier molecular flexibility index (Phi) is 4.67. The zero-order chi connectivity index (χ0) is 21.5. The number of halogens is 1. The predicted molar refractivity (Wildman–Crippen MR) is 115 cm³/mol. The van der Waals surface area contributed by atoms with Crippen molar-refractivity contribution in [3.8, 4) is 0 Å². The normalized spacial score (nSPS) is 17.8. The monoisotopic (exact) mass is 417 g/mol. The van der Waals surface area contributed by atoms with Gasteiger partial charge in [-0.2, -0.15) is 10.2 Å². The maximum absolute atomic E-state index is 14.2. The van der Waals surface area contributed by atoms with Crippen LogP contribution >= 0.6 is 0 Å². The molecule has 0 amide bonds. The Morgan fingerprint density at radius 3 is 2.74 bits per heavy atom. The Morgan fingerprint density at radius 1 is 1.23 bits per heavy atom. The lowest BCUT2D eigenvalue weighted by Gasteiger charge is -2.23. The maximum Gasteiger partial charge on any atom is 0.272 e. The van der Waals surface area contributed by atoms with Crippen LogP contribution in [0.1, 0.15) is 34.5 Å². The van der Waals surface area contributed by atoms with Crippen molar-refractivity contribution >= 4 is 22.7 Å². The number of nitrogens with zero attached hydrogens (tertiary/aromatic N) is 5. The molecule has 3 heterocycles. The summed E-state index contributed by atoms with van der Waals surface area (Å²) >= 11 is 0. The Balaban J connectivity index is 1.78. The summed E-state index contributed by atoms with van der Waals surface area (Å²) in [6.07, 6.45) is 3.27. The number of nitrogens with one attached hydrogen (secondary N) is 2. The zero-order valence-corrected chi connectivity index (χ0v) is 17.0. The lowest BCUT2D eigenvalue weighted by Crippen LogP contribution is -2.21. The molecule has 2 atom stereocenters. The molecule has 5 rings (SSSR count). The van der Waals surface area contributed by atoms with E-state index in [1.54, 1.807) is 10.9 Å². The first-order chi connectivity index (χ1) is 15.1. The zero-order valence-electron chi connectivity index (χ0n) is 17.0. The summed E-state index contributed by atoms with van der Waals surface area (Å²) in [5.41, 5.74) is 2.67. The van der Waals surface area contributed by atoms with Crippen molar-refractivity contribution in [3.63, 3.8) is 0 Å². The SMILES string of the molecule is CNCc1ccc(C2C=Nc3cc(F)cc4c(=O)[nH]nc(c34)C2c2ncnn2C)cc1. The Hall–Kier alpha value is -3.72. The van der Waals surface area contributed by atoms with Gasteiger partial charge in [-0.05, 0) is 24.2 Å². The second-order valence-electron chi connectivity index (χ2n) is 7.58. The molecule has 9 heteroatoms. The fourth-order valence-corrected chi connectivity index (χ4v) is 4.22. The molecule has 0 bridgehead atoms. The van der Waals surface area contributed by atoms with Crippen molar-refractivity contribution < 1.29 is 4.39 Å². The highest BCUT2D eigenvalue weighted by Gasteiger charge is 2.34. The van der Waals surface area contributed by atoms with Crippen LogP contribution in [0.5, 0.6) is 0 Å². The molecule has 2 unspecified atom stereocenters. The summed E-state index contributed by atoms with van der Waals surface area (Å²) in [7, 11) is 3.71. The van der Waals surface area contributed by atoms with Crippen LogP contribution in [0.2, 0.25) is 0 Å². The lowest BCUT2D eigenvalue weighted by atomic mass is 9.82. The molecular formula is C22H20FN7O. The molecule has 2 N–H and O–H groups in total. The molecule has 2 aromatic carbocycles. The summed E-state index contributed by atoms with van der Waals surface area (Å²) < 4.78 is 15.9. The third-order valence-corrected chi connectivity index (χ3v) is 5.66. The van der Waals surface area contributed by atoms with Gasteiger partial charge in [-0.25, -0.2) is 14.5 Å². The summed E-state index contributed by atoms with van der Waals surface area (Å²) in [6, 6.07) is 10.8. The molecule has 4 aromatic rings. The number of benzene rings is 2. The molecule has 31 heavy (non-hydrogen) atoms. The van der Waals surface area contributed by atoms with Crippen molar-refractivity contribution in [2.75, 3.05) is 7.05 Å². The molecule has 156 valence electrons. The predicted octanol–water partition coefficient (Wildman–Crippen LogP) is 2.54. The highest BCUT2D eigenvalue weighted by atomic mass is 19.1. The number of aliphatic imine (C=N–C) groups is 1. The van der Waals surface area contributed by atoms with E-state index in [1.807, 2.05) is 26.2 Å². The van der Waals surface area contributed by atoms with Gasteiger partial charge in [0.25, 0.3) is 5.56 Å². The van der Waals surface area contributed by atoms with E-state index in [2.05, 4.69) is 42.7 Å². The van der Waals surface area contributed by atoms with E-state index in [0.29, 0.717) is 22.6 Å². The van der Waals surface area contributed by atoms with Crippen molar-refractivity contribution in [2.24, 2.45) is 12.0 Å². The van der Waals surface area contributed by atoms with Crippen LogP contribution in [0.15, 0.2) is 52.5 Å². The van der Waals surface area contributed by atoms with E-state index in [-0.39, 0.29) is 17.2 Å². The van der Waals surface area contributed by atoms with Crippen LogP contribution in [0.3, 0.4) is 0 Å². The van der Waals surface area contributed by atoms with Gasteiger partial charge in [-0.1, -0.05) is 24.3 Å². The number of aryl methyl sites for hydroxylation is 1. The lowest BCUT2D eigenvalue weighted by molar-refractivity contribution is 0.611. The van der Waals surface area contributed by atoms with Crippen LogP contribution in [0.25, 0.3) is 10.8 Å². The molecule has 2 aromatic heterocycles. The molecule has 0 saturated heterocycles. The van der Waals surface area contributed by atoms with E-state index in [9.17, 15) is 9.18 Å². The molecule has 0 radical (unpaired) electrons. The van der Waals surface area contributed by atoms with E-state index in [0.717, 1.165) is 17.7 Å². The third kappa shape index (κ3) is 3.23. The van der Waals surface area contributed by atoms with E-state index in [1.165, 1.54) is 18.5 Å². The molecule has 0 saturated carbocycles. The minimum Gasteiger partial charge on any atom is -0.316 e. The molecule has 0 fully saturated rings. The second kappa shape index (κ2) is 7.51. The fraction of sp³-hybridized carbons (Fsp3) is 0.227. The van der Waals surface area contributed by atoms with Gasteiger partial charge in [0.1, 0.15) is 18.0 Å². The number of aromatic amines is 1. The smallest absolute Gasteiger partial charge is 0.272 e. The molecular weight excluding hydrogens is 397 g/mol. The van der Waals surface area contributed by atoms with Gasteiger partial charge in [0, 0.05) is 37.2 Å². The van der Waals surface area contributed by atoms with Crippen LogP contribution < -0.4 is 10.9 Å². The minimum atomic E-state index is -0.521. The number of rotatable bonds is 4. The molecule has 0 aliphatic carbocycles. The minimum absolute atomic E-state index is 0.217. The number of aromatic nitrogens is 5. The quantitative estimate of drug-likeness (QED) is 0.531. The maximum atomic E-state index is 14.2. The third-order valence-electron chi connectivity index (χ3n) is 5.66. The van der Waals surface area contributed by atoms with Crippen molar-refractivity contribution in [1.29, 1.82) is 0 Å². The van der Waals surface area contributed by atoms with Gasteiger partial charge < -0.3 is 5.32 Å². The first kappa shape index (κ1) is 19.3. The molecule has 1 aliphatic rings. The Bertz CT molecular complexity index is 1360. The van der Waals surface area contributed by atoms with Gasteiger partial charge in [0.2, 0.25) is 0 Å². The first-order valence-electron chi connectivity index (χ1n) is 9.90. The summed E-state index contributed by atoms with van der Waals surface area (Å²) in [4.78, 5) is 21.5. The van der Waals surface area contributed by atoms with Crippen molar-refractivity contribution in [2.45, 2.75) is 18.4 Å². The highest BCUT2D eigenvalue weighted by molar-refractivity contribution is 5.97. The van der Waals surface area contributed by atoms with Gasteiger partial charge in [0.05, 0.1) is 22.7 Å². The summed E-state index contributed by atoms with van der Waals surface area (Å²) in [5, 5.41) is 15.0. The first-order valence-corrected chi connectivity index (χ1v) is 9.90. The van der Waals surface area contributed by atoms with Crippen LogP contribution in [0, 0.1) is 5.82 Å². The summed E-state index contributed by atoms with van der Waals surface area (Å²) in [5.74, 6) is -0.470. The molecule has 8 nitrogen and oxygen atoms in total. The van der Waals surface area contributed by atoms with Gasteiger partial charge in [-0.15, -0.1) is 0 Å². The van der Waals surface area contributed by atoms with E-state index in [4.69, 9.17) is 0 Å². The van der Waals surface area contributed by atoms with E-state index < -0.39 is 11.4 Å². The molecule has 1 aliphatic heterocycles. The number of hydrogen-bond acceptors (Lipinski definition) is 6. The molecule has 0 spiro atoms. The van der Waals surface area contributed by atoms with Crippen LogP contribution in [-0.4, -0.2) is 38.2 Å². The number of H-pyrrole nitrogens is 1. The van der Waals surface area contributed by atoms with Gasteiger partial charge >= 0.3 is 0 Å². The van der Waals surface area contributed by atoms with Crippen LogP contribution in [-0.2, 0) is 13.6 Å². The highest BCUT2D eigenvalue weighted by Crippen LogP contribution is 2.43. The van der Waals surface area contributed by atoms with E-state index >= 15 is 0 Å². The average Bonchev–Trinajstić information content (AvgIpc) is 3.11. The largest absolute Gasteiger partial charge is 0.316 e. The number of hydrogen-bond donors (Lipinski definition) is 2. The topological polar surface area (TPSA) is 101 Å². The van der Waals surface area contributed by atoms with Gasteiger partial charge in [0.15, 0.2) is 0 Å². The standard InChI is InChI=1S/C22H20FN7O/c1-24-9-12-3-5-13(6-4-12)16-10-25-17-8-14(23)7-15-18(17)20(28-29-22(15)31)19(16)21-26-11-27-30(21)2/h3-8,10-11,16,19,24H,9H2,1-2H3,(H,29,31). The fourth-order valence-electron chi connectivity index (χ4n) is 4.22. The Labute approximate surface area is 176 Å². The Morgan fingerprint density at radius 2 is 2.03 bits per heavy atom. The van der Waals surface area contributed by atoms with Crippen molar-refractivity contribution in [1.82, 2.24) is 30.3 Å². The average molecular weight is 417 g/mol.